The molecule has 110 valence electrons. The first kappa shape index (κ1) is 15.3. The number of methoxy groups -OCH3 is 1. The average molecular weight is 342 g/mol. The molecule has 2 rings (SSSR count). The van der Waals surface area contributed by atoms with Gasteiger partial charge in [-0.25, -0.2) is 0 Å². The molecule has 2 unspecified atom stereocenters. The zero-order valence-corrected chi connectivity index (χ0v) is 13.1. The second-order valence-corrected chi connectivity index (χ2v) is 6.05. The van der Waals surface area contributed by atoms with E-state index in [1.807, 2.05) is 18.2 Å². The maximum atomic E-state index is 12.0. The minimum atomic E-state index is -0.265. The number of benzene rings is 1. The Hall–Kier alpha value is -1.07. The molecule has 0 aromatic heterocycles. The minimum Gasteiger partial charge on any atom is -0.497 e. The lowest BCUT2D eigenvalue weighted by atomic mass is 10.1. The molecule has 5 heteroatoms. The Morgan fingerprint density at radius 1 is 1.50 bits per heavy atom. The number of amides is 1. The molecule has 1 aromatic carbocycles. The average Bonchev–Trinajstić information content (AvgIpc) is 2.84. The lowest BCUT2D eigenvalue weighted by Gasteiger charge is -2.15. The van der Waals surface area contributed by atoms with Gasteiger partial charge < -0.3 is 15.2 Å². The normalized spacial score (nSPS) is 21.8. The SMILES string of the molecule is COc1ccc(Br)c(CC(=O)NCC2CCCC2O)c1. The van der Waals surface area contributed by atoms with Crippen molar-refractivity contribution in [3.63, 3.8) is 0 Å². The summed E-state index contributed by atoms with van der Waals surface area (Å²) in [6.45, 7) is 0.557. The first-order valence-electron chi connectivity index (χ1n) is 6.87. The van der Waals surface area contributed by atoms with Gasteiger partial charge in [0.1, 0.15) is 5.75 Å². The summed E-state index contributed by atoms with van der Waals surface area (Å²) in [5.41, 5.74) is 0.897. The molecule has 2 N–H and O–H groups in total. The van der Waals surface area contributed by atoms with Gasteiger partial charge in [0.15, 0.2) is 0 Å². The van der Waals surface area contributed by atoms with Gasteiger partial charge in [-0.1, -0.05) is 22.4 Å². The smallest absolute Gasteiger partial charge is 0.224 e. The number of hydrogen-bond acceptors (Lipinski definition) is 3. The van der Waals surface area contributed by atoms with Crippen molar-refractivity contribution >= 4 is 21.8 Å². The molecular weight excluding hydrogens is 322 g/mol. The number of carbonyl (C=O) groups excluding carboxylic acids is 1. The third-order valence-corrected chi connectivity index (χ3v) is 4.56. The van der Waals surface area contributed by atoms with Crippen LogP contribution >= 0.6 is 15.9 Å². The zero-order valence-electron chi connectivity index (χ0n) is 11.6. The molecular formula is C15H20BrNO3. The number of rotatable bonds is 5. The quantitative estimate of drug-likeness (QED) is 0.863. The van der Waals surface area contributed by atoms with Crippen LogP contribution in [0.15, 0.2) is 22.7 Å². The van der Waals surface area contributed by atoms with Gasteiger partial charge in [0.2, 0.25) is 5.91 Å². The fourth-order valence-corrected chi connectivity index (χ4v) is 2.94. The van der Waals surface area contributed by atoms with Crippen molar-refractivity contribution in [2.45, 2.75) is 31.8 Å². The highest BCUT2D eigenvalue weighted by Crippen LogP contribution is 2.25. The Labute approximate surface area is 127 Å². The van der Waals surface area contributed by atoms with Crippen LogP contribution in [0, 0.1) is 5.92 Å². The summed E-state index contributed by atoms with van der Waals surface area (Å²) >= 11 is 3.44. The van der Waals surface area contributed by atoms with Gasteiger partial charge in [-0.05, 0) is 36.6 Å². The second kappa shape index (κ2) is 7.09. The first-order valence-corrected chi connectivity index (χ1v) is 7.66. The summed E-state index contributed by atoms with van der Waals surface area (Å²) in [6.07, 6.45) is 2.93. The van der Waals surface area contributed by atoms with E-state index in [2.05, 4.69) is 21.2 Å². The van der Waals surface area contributed by atoms with Crippen LogP contribution in [0.3, 0.4) is 0 Å². The maximum Gasteiger partial charge on any atom is 0.224 e. The summed E-state index contributed by atoms with van der Waals surface area (Å²) in [6, 6.07) is 5.58. The van der Waals surface area contributed by atoms with Gasteiger partial charge in [-0.2, -0.15) is 0 Å². The number of carbonyl (C=O) groups is 1. The monoisotopic (exact) mass is 341 g/mol. The maximum absolute atomic E-state index is 12.0. The molecule has 1 saturated carbocycles. The lowest BCUT2D eigenvalue weighted by molar-refractivity contribution is -0.120. The van der Waals surface area contributed by atoms with Gasteiger partial charge in [0, 0.05) is 16.9 Å². The molecule has 0 bridgehead atoms. The molecule has 0 saturated heterocycles. The van der Waals surface area contributed by atoms with Crippen molar-refractivity contribution in [3.05, 3.63) is 28.2 Å². The molecule has 1 fully saturated rings. The summed E-state index contributed by atoms with van der Waals surface area (Å²) in [5, 5.41) is 12.6. The molecule has 4 nitrogen and oxygen atoms in total. The molecule has 0 spiro atoms. The van der Waals surface area contributed by atoms with Crippen molar-refractivity contribution in [1.82, 2.24) is 5.32 Å². The summed E-state index contributed by atoms with van der Waals surface area (Å²) < 4.78 is 6.06. The highest BCUT2D eigenvalue weighted by molar-refractivity contribution is 9.10. The van der Waals surface area contributed by atoms with E-state index >= 15 is 0 Å². The van der Waals surface area contributed by atoms with Crippen LogP contribution in [0.25, 0.3) is 0 Å². The van der Waals surface area contributed by atoms with E-state index in [-0.39, 0.29) is 17.9 Å². The van der Waals surface area contributed by atoms with E-state index in [1.54, 1.807) is 7.11 Å². The van der Waals surface area contributed by atoms with Crippen molar-refractivity contribution in [3.8, 4) is 5.75 Å². The number of hydrogen-bond donors (Lipinski definition) is 2. The van der Waals surface area contributed by atoms with Crippen LogP contribution in [0.2, 0.25) is 0 Å². The zero-order chi connectivity index (χ0) is 14.5. The van der Waals surface area contributed by atoms with Gasteiger partial charge in [-0.3, -0.25) is 4.79 Å². The Bertz CT molecular complexity index is 478. The molecule has 1 aliphatic carbocycles. The highest BCUT2D eigenvalue weighted by Gasteiger charge is 2.25. The van der Waals surface area contributed by atoms with Crippen LogP contribution in [0.5, 0.6) is 5.75 Å². The Morgan fingerprint density at radius 3 is 2.95 bits per heavy atom. The van der Waals surface area contributed by atoms with Crippen LogP contribution in [-0.4, -0.2) is 30.8 Å². The van der Waals surface area contributed by atoms with Gasteiger partial charge in [0.25, 0.3) is 0 Å². The number of halogens is 1. The van der Waals surface area contributed by atoms with E-state index in [0.717, 1.165) is 35.0 Å². The molecule has 0 radical (unpaired) electrons. The molecule has 20 heavy (non-hydrogen) atoms. The number of aliphatic hydroxyl groups is 1. The molecule has 1 aliphatic rings. The van der Waals surface area contributed by atoms with Gasteiger partial charge >= 0.3 is 0 Å². The fraction of sp³-hybridized carbons (Fsp3) is 0.533. The van der Waals surface area contributed by atoms with Crippen molar-refractivity contribution in [2.24, 2.45) is 5.92 Å². The topological polar surface area (TPSA) is 58.6 Å². The fourth-order valence-electron chi connectivity index (χ4n) is 2.55. The standard InChI is InChI=1S/C15H20BrNO3/c1-20-12-5-6-13(16)11(7-12)8-15(19)17-9-10-3-2-4-14(10)18/h5-7,10,14,18H,2-4,8-9H2,1H3,(H,17,19). The van der Waals surface area contributed by atoms with Crippen molar-refractivity contribution in [2.75, 3.05) is 13.7 Å². The first-order chi connectivity index (χ1) is 9.60. The highest BCUT2D eigenvalue weighted by atomic mass is 79.9. The number of aliphatic hydroxyl groups excluding tert-OH is 1. The van der Waals surface area contributed by atoms with Crippen molar-refractivity contribution in [1.29, 1.82) is 0 Å². The molecule has 0 heterocycles. The third-order valence-electron chi connectivity index (χ3n) is 3.78. The molecule has 1 amide bonds. The predicted molar refractivity (Wildman–Crippen MR) is 80.8 cm³/mol. The second-order valence-electron chi connectivity index (χ2n) is 5.20. The van der Waals surface area contributed by atoms with E-state index in [0.29, 0.717) is 13.0 Å². The number of ether oxygens (including phenoxy) is 1. The van der Waals surface area contributed by atoms with E-state index in [4.69, 9.17) is 4.74 Å². The minimum absolute atomic E-state index is 0.0296. The largest absolute Gasteiger partial charge is 0.497 e. The molecule has 0 aliphatic heterocycles. The molecule has 2 atom stereocenters. The Kier molecular flexibility index (Phi) is 5.43. The van der Waals surface area contributed by atoms with E-state index in [9.17, 15) is 9.90 Å². The van der Waals surface area contributed by atoms with Gasteiger partial charge in [-0.15, -0.1) is 0 Å². The van der Waals surface area contributed by atoms with Crippen LogP contribution in [-0.2, 0) is 11.2 Å². The Balaban J connectivity index is 1.87. The van der Waals surface area contributed by atoms with Crippen molar-refractivity contribution < 1.29 is 14.6 Å². The van der Waals surface area contributed by atoms with E-state index < -0.39 is 0 Å². The lowest BCUT2D eigenvalue weighted by Crippen LogP contribution is -2.33. The van der Waals surface area contributed by atoms with Crippen LogP contribution in [0.1, 0.15) is 24.8 Å². The Morgan fingerprint density at radius 2 is 2.30 bits per heavy atom. The van der Waals surface area contributed by atoms with Crippen LogP contribution < -0.4 is 10.1 Å². The molecule has 1 aromatic rings. The van der Waals surface area contributed by atoms with Crippen LogP contribution in [0.4, 0.5) is 0 Å². The number of nitrogens with one attached hydrogen (secondary N) is 1. The van der Waals surface area contributed by atoms with Gasteiger partial charge in [0.05, 0.1) is 19.6 Å². The van der Waals surface area contributed by atoms with E-state index in [1.165, 1.54) is 0 Å². The summed E-state index contributed by atoms with van der Waals surface area (Å²) in [4.78, 5) is 12.0. The summed E-state index contributed by atoms with van der Waals surface area (Å²) in [5.74, 6) is 0.910. The third kappa shape index (κ3) is 3.96. The predicted octanol–water partition coefficient (Wildman–Crippen LogP) is 2.28. The summed E-state index contributed by atoms with van der Waals surface area (Å²) in [7, 11) is 1.61.